The quantitative estimate of drug-likeness (QED) is 0.106. The highest BCUT2D eigenvalue weighted by molar-refractivity contribution is 14.1. The molecule has 0 aliphatic heterocycles. The molecule has 19 aromatic carbocycles. The van der Waals surface area contributed by atoms with E-state index in [9.17, 15) is 0 Å². The normalized spacial score (nSPS) is 11.3. The standard InChI is InChI=1S/C54H36N2.C26H20N2.C14H9I/c1-2-19-40(20-3-1)55(52-34-37-16-4-7-21-43(37)46-24-10-13-27-49(46)52)41-30-32-42(33-31-41)56(53-35-38-17-5-8-22-44(38)47-25-11-14-28-50(47)53)54-36-39-18-6-9-23-45(39)48-26-12-15-29-51(48)54;1-2-9-20(10-3-1)27-21-14-16-22(17-15-21)28-26-18-19-8-4-5-11-23(19)24-12-6-7-13-25(24)26;15-14-9-10-5-1-2-6-11(10)12-7-3-4-8-13(12)14/h1-36H;1-18,27-28H;1-9H. The third-order valence-corrected chi connectivity index (χ3v) is 19.9. The number of nitrogens with one attached hydrogen (secondary N) is 2. The minimum Gasteiger partial charge on any atom is -0.356 e. The Kier molecular flexibility index (Phi) is 16.3. The number of anilines is 10. The van der Waals surface area contributed by atoms with Gasteiger partial charge in [0.25, 0.3) is 0 Å². The third-order valence-electron chi connectivity index (χ3n) is 19.1. The van der Waals surface area contributed by atoms with Crippen LogP contribution in [-0.2, 0) is 0 Å². The molecule has 468 valence electrons. The van der Waals surface area contributed by atoms with E-state index in [1.807, 2.05) is 18.2 Å². The van der Waals surface area contributed by atoms with E-state index in [4.69, 9.17) is 0 Å². The van der Waals surface area contributed by atoms with Crippen LogP contribution in [0.15, 0.2) is 382 Å². The van der Waals surface area contributed by atoms with Crippen LogP contribution in [0.2, 0.25) is 0 Å². The zero-order valence-corrected chi connectivity index (χ0v) is 56.3. The zero-order chi connectivity index (χ0) is 66.0. The van der Waals surface area contributed by atoms with Gasteiger partial charge in [-0.3, -0.25) is 0 Å². The number of nitrogens with zero attached hydrogens (tertiary/aromatic N) is 2. The van der Waals surface area contributed by atoms with Gasteiger partial charge in [-0.2, -0.15) is 0 Å². The smallest absolute Gasteiger partial charge is 0.0546 e. The molecule has 0 atom stereocenters. The van der Waals surface area contributed by atoms with Gasteiger partial charge < -0.3 is 20.4 Å². The highest BCUT2D eigenvalue weighted by atomic mass is 127. The number of benzene rings is 19. The van der Waals surface area contributed by atoms with E-state index in [2.05, 4.69) is 407 Å². The zero-order valence-electron chi connectivity index (χ0n) is 54.1. The first-order chi connectivity index (χ1) is 49.0. The predicted octanol–water partition coefficient (Wildman–Crippen LogP) is 27.6. The first-order valence-corrected chi connectivity index (χ1v) is 34.7. The molecule has 99 heavy (non-hydrogen) atoms. The van der Waals surface area contributed by atoms with Crippen molar-refractivity contribution in [3.63, 3.8) is 0 Å². The van der Waals surface area contributed by atoms with Gasteiger partial charge in [0.05, 0.1) is 17.1 Å². The first-order valence-electron chi connectivity index (χ1n) is 33.7. The lowest BCUT2D eigenvalue weighted by Gasteiger charge is -2.31. The van der Waals surface area contributed by atoms with Gasteiger partial charge in [0, 0.05) is 64.9 Å². The third kappa shape index (κ3) is 11.8. The van der Waals surface area contributed by atoms with Crippen LogP contribution in [0, 0.1) is 3.57 Å². The molecule has 0 fully saturated rings. The molecule has 19 rings (SSSR count). The molecule has 0 aromatic heterocycles. The van der Waals surface area contributed by atoms with E-state index >= 15 is 0 Å². The molecule has 0 aliphatic rings. The largest absolute Gasteiger partial charge is 0.356 e. The minimum atomic E-state index is 1.07. The van der Waals surface area contributed by atoms with Crippen LogP contribution >= 0.6 is 22.6 Å². The maximum atomic E-state index is 3.60. The number of para-hydroxylation sites is 2. The lowest BCUT2D eigenvalue weighted by atomic mass is 9.96. The summed E-state index contributed by atoms with van der Waals surface area (Å²) < 4.78 is 1.32. The second-order valence-corrected chi connectivity index (χ2v) is 26.2. The van der Waals surface area contributed by atoms with Gasteiger partial charge in [-0.1, -0.05) is 279 Å². The Balaban J connectivity index is 0.000000140. The Hall–Kier alpha value is -12.3. The number of fused-ring (bicyclic) bond motifs is 15. The molecule has 2 N–H and O–H groups in total. The van der Waals surface area contributed by atoms with Crippen molar-refractivity contribution in [2.24, 2.45) is 0 Å². The summed E-state index contributed by atoms with van der Waals surface area (Å²) in [6.45, 7) is 0. The van der Waals surface area contributed by atoms with Crippen LogP contribution in [0.5, 0.6) is 0 Å². The van der Waals surface area contributed by atoms with Gasteiger partial charge in [-0.05, 0) is 212 Å². The Bertz CT molecular complexity index is 6080. The number of halogens is 1. The fraction of sp³-hybridized carbons (Fsp3) is 0. The molecule has 5 heteroatoms. The van der Waals surface area contributed by atoms with Crippen LogP contribution in [0.1, 0.15) is 0 Å². The van der Waals surface area contributed by atoms with Crippen molar-refractivity contribution in [3.05, 3.63) is 386 Å². The van der Waals surface area contributed by atoms with Crippen molar-refractivity contribution in [2.45, 2.75) is 0 Å². The lowest BCUT2D eigenvalue weighted by molar-refractivity contribution is 1.28. The summed E-state index contributed by atoms with van der Waals surface area (Å²) >= 11 is 2.41. The van der Waals surface area contributed by atoms with E-state index in [0.29, 0.717) is 0 Å². The van der Waals surface area contributed by atoms with Gasteiger partial charge >= 0.3 is 0 Å². The van der Waals surface area contributed by atoms with E-state index in [-0.39, 0.29) is 0 Å². The molecular formula is C94H65IN4. The molecule has 0 spiro atoms. The average molecular weight is 1380 g/mol. The van der Waals surface area contributed by atoms with Crippen molar-refractivity contribution in [1.29, 1.82) is 0 Å². The van der Waals surface area contributed by atoms with Crippen LogP contribution in [0.25, 0.3) is 108 Å². The average Bonchev–Trinajstić information content (AvgIpc) is 0.747. The van der Waals surface area contributed by atoms with Gasteiger partial charge in [0.15, 0.2) is 0 Å². The van der Waals surface area contributed by atoms with Gasteiger partial charge in [0.2, 0.25) is 0 Å². The summed E-state index contributed by atoms with van der Waals surface area (Å²) in [5, 5.41) is 32.2. The van der Waals surface area contributed by atoms with E-state index < -0.39 is 0 Å². The van der Waals surface area contributed by atoms with Crippen molar-refractivity contribution < 1.29 is 0 Å². The SMILES string of the molecule is Ic1cc2ccccc2c2ccccc12.c1ccc(N(c2ccc(N(c3cc4ccccc4c4ccccc34)c3cc4ccccc4c4ccccc34)cc2)c2cc3ccccc3c3ccccc23)cc1.c1ccc(Nc2ccc(Nc3cc4ccccc4c4ccccc34)cc2)cc1. The van der Waals surface area contributed by atoms with Crippen LogP contribution in [0.4, 0.5) is 56.9 Å². The predicted molar refractivity (Wildman–Crippen MR) is 436 cm³/mol. The molecule has 4 nitrogen and oxygen atoms in total. The molecule has 0 saturated carbocycles. The maximum Gasteiger partial charge on any atom is 0.0546 e. The summed E-state index contributed by atoms with van der Waals surface area (Å²) in [4.78, 5) is 4.88. The number of hydrogen-bond acceptors (Lipinski definition) is 4. The van der Waals surface area contributed by atoms with Gasteiger partial charge in [-0.25, -0.2) is 0 Å². The van der Waals surface area contributed by atoms with E-state index in [1.165, 1.54) is 111 Å². The Morgan fingerprint density at radius 2 is 0.444 bits per heavy atom. The molecule has 0 radical (unpaired) electrons. The Morgan fingerprint density at radius 1 is 0.182 bits per heavy atom. The summed E-state index contributed by atoms with van der Waals surface area (Å²) in [5.41, 5.74) is 11.1. The maximum absolute atomic E-state index is 3.60. The molecule has 0 aliphatic carbocycles. The number of rotatable bonds is 10. The first kappa shape index (κ1) is 60.4. The van der Waals surface area contributed by atoms with Gasteiger partial charge in [-0.15, -0.1) is 0 Å². The van der Waals surface area contributed by atoms with Gasteiger partial charge in [0.1, 0.15) is 0 Å². The summed E-state index contributed by atoms with van der Waals surface area (Å²) in [6.07, 6.45) is 0. The molecule has 0 unspecified atom stereocenters. The molecular weight excluding hydrogens is 1310 g/mol. The Labute approximate surface area is 589 Å². The fourth-order valence-corrected chi connectivity index (χ4v) is 15.3. The molecule has 0 saturated heterocycles. The molecule has 0 bridgehead atoms. The van der Waals surface area contributed by atoms with Crippen molar-refractivity contribution in [1.82, 2.24) is 0 Å². The molecule has 0 amide bonds. The molecule has 19 aromatic rings. The van der Waals surface area contributed by atoms with Crippen LogP contribution < -0.4 is 20.4 Å². The Morgan fingerprint density at radius 3 is 0.869 bits per heavy atom. The summed E-state index contributed by atoms with van der Waals surface area (Å²) in [6, 6.07) is 137. The fourth-order valence-electron chi connectivity index (χ4n) is 14.5. The van der Waals surface area contributed by atoms with Crippen molar-refractivity contribution >= 4 is 187 Å². The highest BCUT2D eigenvalue weighted by Gasteiger charge is 2.23. The summed E-state index contributed by atoms with van der Waals surface area (Å²) in [5.74, 6) is 0. The van der Waals surface area contributed by atoms with E-state index in [0.717, 1.165) is 56.9 Å². The second-order valence-electron chi connectivity index (χ2n) is 25.0. The minimum absolute atomic E-state index is 1.07. The van der Waals surface area contributed by atoms with E-state index in [1.54, 1.807) is 0 Å². The lowest BCUT2D eigenvalue weighted by Crippen LogP contribution is -2.13. The topological polar surface area (TPSA) is 30.5 Å². The number of hydrogen-bond donors (Lipinski definition) is 2. The monoisotopic (exact) mass is 1380 g/mol. The van der Waals surface area contributed by atoms with Crippen LogP contribution in [-0.4, -0.2) is 0 Å². The van der Waals surface area contributed by atoms with Crippen molar-refractivity contribution in [3.8, 4) is 0 Å². The molecule has 0 heterocycles. The highest BCUT2D eigenvalue weighted by Crippen LogP contribution is 2.48. The van der Waals surface area contributed by atoms with Crippen molar-refractivity contribution in [2.75, 3.05) is 20.4 Å². The second kappa shape index (κ2) is 26.7. The van der Waals surface area contributed by atoms with Crippen LogP contribution in [0.3, 0.4) is 0 Å². The summed E-state index contributed by atoms with van der Waals surface area (Å²) in [7, 11) is 0.